The third-order valence-electron chi connectivity index (χ3n) is 4.23. The van der Waals surface area contributed by atoms with Crippen LogP contribution in [0.5, 0.6) is 0 Å². The van der Waals surface area contributed by atoms with E-state index in [-0.39, 0.29) is 39.1 Å². The molecule has 0 aliphatic heterocycles. The maximum absolute atomic E-state index is 12.2. The van der Waals surface area contributed by atoms with Crippen molar-refractivity contribution in [2.45, 2.75) is 52.2 Å². The van der Waals surface area contributed by atoms with Crippen molar-refractivity contribution in [1.82, 2.24) is 5.23 Å². The van der Waals surface area contributed by atoms with E-state index in [1.807, 2.05) is 50.8 Å². The Kier molecular flexibility index (Phi) is 10.2. The van der Waals surface area contributed by atoms with Crippen molar-refractivity contribution in [3.8, 4) is 0 Å². The minimum atomic E-state index is -0.558. The fourth-order valence-corrected chi connectivity index (χ4v) is 2.97. The summed E-state index contributed by atoms with van der Waals surface area (Å²) in [5.74, 6) is -0.313. The molecule has 1 aromatic carbocycles. The molecule has 0 unspecified atom stereocenters. The smallest absolute Gasteiger partial charge is 0.307 e. The van der Waals surface area contributed by atoms with E-state index in [0.29, 0.717) is 19.5 Å². The molecule has 1 atom stereocenters. The van der Waals surface area contributed by atoms with Crippen LogP contribution >= 0.6 is 0 Å². The van der Waals surface area contributed by atoms with Crippen LogP contribution in [0.4, 0.5) is 5.69 Å². The molecule has 7 nitrogen and oxygen atoms in total. The number of aliphatic hydroxyl groups excluding tert-OH is 2. The van der Waals surface area contributed by atoms with Crippen molar-refractivity contribution in [3.63, 3.8) is 0 Å². The number of carbonyl (C=O) groups excluding carboxylic acids is 2. The summed E-state index contributed by atoms with van der Waals surface area (Å²) in [5.41, 5.74) is 2.44. The summed E-state index contributed by atoms with van der Waals surface area (Å²) in [6.07, 6.45) is 1.49. The van der Waals surface area contributed by atoms with Crippen molar-refractivity contribution in [1.29, 1.82) is 0 Å². The molecule has 0 bridgehead atoms. The number of rotatable bonds is 12. The zero-order chi connectivity index (χ0) is 21.2. The van der Waals surface area contributed by atoms with Gasteiger partial charge in [-0.1, -0.05) is 6.07 Å². The number of aryl methyl sites for hydroxylation is 1. The molecule has 3 N–H and O–H groups in total. The number of hydrogen-bond donors (Lipinski definition) is 3. The Balaban J connectivity index is 2.98. The summed E-state index contributed by atoms with van der Waals surface area (Å²) in [5, 5.41) is 21.6. The predicted molar refractivity (Wildman–Crippen MR) is 113 cm³/mol. The molecule has 1 rings (SSSR count). The number of anilines is 1. The van der Waals surface area contributed by atoms with Gasteiger partial charge in [0.2, 0.25) is 0 Å². The van der Waals surface area contributed by atoms with Gasteiger partial charge >= 0.3 is 5.97 Å². The monoisotopic (exact) mass is 392 g/mol. The Morgan fingerprint density at radius 1 is 1.29 bits per heavy atom. The van der Waals surface area contributed by atoms with E-state index < -0.39 is 5.60 Å². The van der Waals surface area contributed by atoms with Gasteiger partial charge in [0.05, 0.1) is 25.8 Å². The largest absolute Gasteiger partial charge is 0.460 e. The Bertz CT molecular complexity index is 628. The summed E-state index contributed by atoms with van der Waals surface area (Å²) < 4.78 is 5.41. The van der Waals surface area contributed by atoms with Crippen LogP contribution in [0.2, 0.25) is 0 Å². The minimum absolute atomic E-state index is 0.00856. The van der Waals surface area contributed by atoms with Crippen LogP contribution in [-0.4, -0.2) is 67.7 Å². The number of esters is 1. The second kappa shape index (κ2) is 11.8. The van der Waals surface area contributed by atoms with Crippen LogP contribution in [0.1, 0.15) is 38.3 Å². The predicted octanol–water partition coefficient (Wildman–Crippen LogP) is 0.560. The highest BCUT2D eigenvalue weighted by Gasteiger charge is 2.21. The first kappa shape index (κ1) is 24.1. The standard InChI is InChI=1S/C20H33BN2O5/c1-15-5-6-18(23(7-9-24)8-10-25)12-16(15)11-17(22-21-14-26)13-19(27)28-20(2,3)4/h5-6,12,14,17,21-22,24-25H,7-11,13H2,1-4H3/t17-/m1/s1. The lowest BCUT2D eigenvalue weighted by Crippen LogP contribution is -2.38. The first-order valence-electron chi connectivity index (χ1n) is 9.65. The molecule has 0 aliphatic carbocycles. The Morgan fingerprint density at radius 3 is 2.46 bits per heavy atom. The lowest BCUT2D eigenvalue weighted by molar-refractivity contribution is -0.155. The Morgan fingerprint density at radius 2 is 1.93 bits per heavy atom. The fourth-order valence-electron chi connectivity index (χ4n) is 2.97. The second-order valence-corrected chi connectivity index (χ2v) is 7.81. The first-order chi connectivity index (χ1) is 13.2. The van der Waals surface area contributed by atoms with Gasteiger partial charge in [-0.3, -0.25) is 4.79 Å². The highest BCUT2D eigenvalue weighted by molar-refractivity contribution is 6.64. The molecule has 0 saturated carbocycles. The third kappa shape index (κ3) is 8.86. The molecule has 0 amide bonds. The van der Waals surface area contributed by atoms with Crippen molar-refractivity contribution in [2.75, 3.05) is 31.2 Å². The average molecular weight is 392 g/mol. The summed E-state index contributed by atoms with van der Waals surface area (Å²) in [6.45, 7) is 8.29. The van der Waals surface area contributed by atoms with Crippen molar-refractivity contribution in [3.05, 3.63) is 29.3 Å². The van der Waals surface area contributed by atoms with E-state index >= 15 is 0 Å². The van der Waals surface area contributed by atoms with Crippen LogP contribution in [0.25, 0.3) is 0 Å². The minimum Gasteiger partial charge on any atom is -0.460 e. The molecular weight excluding hydrogens is 359 g/mol. The number of nitrogens with one attached hydrogen (secondary N) is 1. The number of carbonyl (C=O) groups is 2. The fraction of sp³-hybridized carbons (Fsp3) is 0.600. The molecule has 0 radical (unpaired) electrons. The van der Waals surface area contributed by atoms with Gasteiger partial charge in [-0.15, -0.1) is 0 Å². The van der Waals surface area contributed by atoms with E-state index in [9.17, 15) is 19.8 Å². The Labute approximate surface area is 168 Å². The summed E-state index contributed by atoms with van der Waals surface area (Å²) in [7, 11) is 0.160. The molecule has 0 spiro atoms. The highest BCUT2D eigenvalue weighted by atomic mass is 16.6. The van der Waals surface area contributed by atoms with E-state index in [1.165, 1.54) is 0 Å². The van der Waals surface area contributed by atoms with E-state index in [0.717, 1.165) is 23.0 Å². The molecule has 8 heteroatoms. The normalized spacial score (nSPS) is 12.4. The second-order valence-electron chi connectivity index (χ2n) is 7.81. The van der Waals surface area contributed by atoms with Crippen LogP contribution < -0.4 is 10.1 Å². The van der Waals surface area contributed by atoms with Gasteiger partial charge in [0.15, 0.2) is 0 Å². The molecule has 0 saturated heterocycles. The topological polar surface area (TPSA) is 99.1 Å². The number of ether oxygens (including phenoxy) is 1. The van der Waals surface area contributed by atoms with Crippen molar-refractivity contribution >= 4 is 25.3 Å². The van der Waals surface area contributed by atoms with Gasteiger partial charge in [0.25, 0.3) is 7.41 Å². The van der Waals surface area contributed by atoms with Crippen LogP contribution in [0, 0.1) is 6.92 Å². The lowest BCUT2D eigenvalue weighted by atomic mass is 9.91. The van der Waals surface area contributed by atoms with Crippen LogP contribution in [-0.2, 0) is 20.7 Å². The number of benzene rings is 1. The zero-order valence-electron chi connectivity index (χ0n) is 17.4. The molecule has 0 aromatic heterocycles. The van der Waals surface area contributed by atoms with Gasteiger partial charge in [-0.05, 0) is 57.4 Å². The molecule has 0 aliphatic rings. The van der Waals surface area contributed by atoms with Gasteiger partial charge in [-0.2, -0.15) is 0 Å². The molecule has 1 aromatic rings. The van der Waals surface area contributed by atoms with Gasteiger partial charge in [0, 0.05) is 24.8 Å². The number of hydrogen-bond acceptors (Lipinski definition) is 7. The van der Waals surface area contributed by atoms with E-state index in [4.69, 9.17) is 4.74 Å². The maximum Gasteiger partial charge on any atom is 0.307 e. The third-order valence-corrected chi connectivity index (χ3v) is 4.23. The lowest BCUT2D eigenvalue weighted by Gasteiger charge is -2.26. The van der Waals surface area contributed by atoms with E-state index in [2.05, 4.69) is 5.23 Å². The van der Waals surface area contributed by atoms with Crippen molar-refractivity contribution < 1.29 is 24.5 Å². The van der Waals surface area contributed by atoms with Crippen LogP contribution in [0.15, 0.2) is 18.2 Å². The highest BCUT2D eigenvalue weighted by Crippen LogP contribution is 2.21. The summed E-state index contributed by atoms with van der Waals surface area (Å²) in [6, 6.07) is 5.70. The number of nitrogens with zero attached hydrogens (tertiary/aromatic N) is 1. The molecule has 0 heterocycles. The van der Waals surface area contributed by atoms with Crippen molar-refractivity contribution in [2.24, 2.45) is 0 Å². The molecule has 0 fully saturated rings. The maximum atomic E-state index is 12.2. The van der Waals surface area contributed by atoms with Gasteiger partial charge in [-0.25, -0.2) is 0 Å². The first-order valence-corrected chi connectivity index (χ1v) is 9.65. The summed E-state index contributed by atoms with van der Waals surface area (Å²) in [4.78, 5) is 24.9. The average Bonchev–Trinajstić information content (AvgIpc) is 2.59. The van der Waals surface area contributed by atoms with Gasteiger partial charge < -0.3 is 29.9 Å². The quantitative estimate of drug-likeness (QED) is 0.272. The molecule has 156 valence electrons. The zero-order valence-corrected chi connectivity index (χ0v) is 17.4. The molecule has 28 heavy (non-hydrogen) atoms. The molecular formula is C20H33BN2O5. The summed E-state index contributed by atoms with van der Waals surface area (Å²) >= 11 is 0. The van der Waals surface area contributed by atoms with Gasteiger partial charge in [0.1, 0.15) is 5.60 Å². The number of aliphatic hydroxyl groups is 2. The van der Waals surface area contributed by atoms with E-state index in [1.54, 1.807) is 0 Å². The Hall–Kier alpha value is -1.90. The van der Waals surface area contributed by atoms with Crippen LogP contribution in [0.3, 0.4) is 0 Å². The SMILES string of the molecule is Cc1ccc(N(CCO)CCO)cc1C[C@H](CC(=O)OC(C)(C)C)NBC=O.